The topological polar surface area (TPSA) is 82.1 Å². The van der Waals surface area contributed by atoms with Gasteiger partial charge < -0.3 is 15.0 Å². The molecule has 148 valence electrons. The molecule has 2 aromatic heterocycles. The van der Waals surface area contributed by atoms with Gasteiger partial charge in [-0.1, -0.05) is 18.7 Å². The van der Waals surface area contributed by atoms with Crippen LogP contribution in [0.2, 0.25) is 0 Å². The van der Waals surface area contributed by atoms with Crippen LogP contribution in [0.4, 0.5) is 0 Å². The molecule has 0 bridgehead atoms. The van der Waals surface area contributed by atoms with Crippen LogP contribution in [0.15, 0.2) is 49.1 Å². The van der Waals surface area contributed by atoms with Gasteiger partial charge in [-0.05, 0) is 62.4 Å². The number of benzene rings is 1. The summed E-state index contributed by atoms with van der Waals surface area (Å²) in [6.07, 6.45) is 6.63. The third kappa shape index (κ3) is 2.90. The lowest BCUT2D eigenvalue weighted by molar-refractivity contribution is -0.129. The average molecular weight is 388 g/mol. The van der Waals surface area contributed by atoms with Crippen molar-refractivity contribution in [3.63, 3.8) is 0 Å². The van der Waals surface area contributed by atoms with Crippen LogP contribution in [0.25, 0.3) is 22.3 Å². The van der Waals surface area contributed by atoms with Gasteiger partial charge in [-0.3, -0.25) is 4.79 Å². The van der Waals surface area contributed by atoms with E-state index in [-0.39, 0.29) is 17.2 Å². The van der Waals surface area contributed by atoms with Gasteiger partial charge in [0.05, 0.1) is 5.69 Å². The molecule has 3 heterocycles. The van der Waals surface area contributed by atoms with Crippen LogP contribution >= 0.6 is 0 Å². The maximum absolute atomic E-state index is 12.3. The number of fused-ring (bicyclic) bond motifs is 1. The van der Waals surface area contributed by atoms with Gasteiger partial charge in [0.25, 0.3) is 0 Å². The number of hydrogen-bond acceptors (Lipinski definition) is 4. The van der Waals surface area contributed by atoms with E-state index in [0.29, 0.717) is 17.2 Å². The van der Waals surface area contributed by atoms with E-state index >= 15 is 0 Å². The molecule has 5 rings (SSSR count). The molecule has 6 nitrogen and oxygen atoms in total. The van der Waals surface area contributed by atoms with E-state index in [0.717, 1.165) is 55.4 Å². The second kappa shape index (κ2) is 6.72. The Bertz CT molecular complexity index is 1110. The molecule has 1 aliphatic heterocycles. The molecule has 2 atom stereocenters. The predicted molar refractivity (Wildman–Crippen MR) is 111 cm³/mol. The van der Waals surface area contributed by atoms with Crippen molar-refractivity contribution in [3.8, 4) is 17.0 Å². The Kier molecular flexibility index (Phi) is 4.15. The average Bonchev–Trinajstić information content (AvgIpc) is 3.46. The van der Waals surface area contributed by atoms with Gasteiger partial charge in [0.1, 0.15) is 5.75 Å². The number of phenols is 1. The van der Waals surface area contributed by atoms with Gasteiger partial charge in [0.15, 0.2) is 5.65 Å². The number of rotatable bonds is 3. The number of aromatic nitrogens is 3. The maximum atomic E-state index is 12.3. The number of amides is 1. The molecule has 2 unspecified atom stereocenters. The number of aromatic amines is 1. The summed E-state index contributed by atoms with van der Waals surface area (Å²) in [5, 5.41) is 19.7. The number of nitrogens with one attached hydrogen (secondary N) is 1. The van der Waals surface area contributed by atoms with Gasteiger partial charge in [0, 0.05) is 34.6 Å². The second-order valence-corrected chi connectivity index (χ2v) is 8.24. The summed E-state index contributed by atoms with van der Waals surface area (Å²) in [5.74, 6) is 0.622. The molecule has 2 fully saturated rings. The molecule has 3 aromatic rings. The zero-order valence-electron chi connectivity index (χ0n) is 16.3. The molecule has 2 aliphatic rings. The van der Waals surface area contributed by atoms with Crippen molar-refractivity contribution in [2.24, 2.45) is 0 Å². The van der Waals surface area contributed by atoms with E-state index in [1.807, 2.05) is 23.1 Å². The number of nitrogens with zero attached hydrogens (tertiary/aromatic N) is 3. The molecule has 1 saturated carbocycles. The van der Waals surface area contributed by atoms with Crippen molar-refractivity contribution in [3.05, 3.63) is 54.7 Å². The summed E-state index contributed by atoms with van der Waals surface area (Å²) in [5.41, 5.74) is 3.21. The molecular weight excluding hydrogens is 364 g/mol. The third-order valence-electron chi connectivity index (χ3n) is 6.64. The molecule has 1 aliphatic carbocycles. The van der Waals surface area contributed by atoms with Gasteiger partial charge in [-0.15, -0.1) is 10.2 Å². The van der Waals surface area contributed by atoms with E-state index in [4.69, 9.17) is 0 Å². The number of hydrogen-bond donors (Lipinski definition) is 2. The quantitative estimate of drug-likeness (QED) is 0.661. The molecule has 1 saturated heterocycles. The normalized spacial score (nSPS) is 23.9. The van der Waals surface area contributed by atoms with Crippen LogP contribution in [-0.4, -0.2) is 43.2 Å². The summed E-state index contributed by atoms with van der Waals surface area (Å²) in [6.45, 7) is 4.51. The number of likely N-dealkylation sites (tertiary alicyclic amines) is 1. The Morgan fingerprint density at radius 2 is 2.14 bits per heavy atom. The lowest BCUT2D eigenvalue weighted by Gasteiger charge is -2.34. The molecule has 2 N–H and O–H groups in total. The molecule has 0 radical (unpaired) electrons. The highest BCUT2D eigenvalue weighted by Gasteiger charge is 2.48. The van der Waals surface area contributed by atoms with Crippen LogP contribution in [0.3, 0.4) is 0 Å². The van der Waals surface area contributed by atoms with Crippen LogP contribution in [0.5, 0.6) is 5.75 Å². The van der Waals surface area contributed by atoms with E-state index in [1.54, 1.807) is 12.1 Å². The standard InChI is InChI=1S/C23H24N4O2/c1-2-21(29)27-11-5-9-23(27)10-8-15(14-23)18-12-16-13-19(25-26-22(16)24-18)17-6-3-4-7-20(17)28/h2-4,6-7,12-13,15,28H,1,5,8-11,14H2,(H,24,26). The van der Waals surface area contributed by atoms with E-state index in [2.05, 4.69) is 27.8 Å². The predicted octanol–water partition coefficient (Wildman–Crippen LogP) is 4.15. The monoisotopic (exact) mass is 388 g/mol. The Morgan fingerprint density at radius 1 is 1.28 bits per heavy atom. The number of aromatic hydroxyl groups is 1. The number of para-hydroxylation sites is 1. The third-order valence-corrected chi connectivity index (χ3v) is 6.64. The van der Waals surface area contributed by atoms with Crippen molar-refractivity contribution >= 4 is 16.9 Å². The fourth-order valence-corrected chi connectivity index (χ4v) is 5.23. The number of carbonyl (C=O) groups excluding carboxylic acids is 1. The minimum Gasteiger partial charge on any atom is -0.507 e. The molecule has 1 aromatic carbocycles. The number of carbonyl (C=O) groups is 1. The van der Waals surface area contributed by atoms with E-state index in [9.17, 15) is 9.90 Å². The van der Waals surface area contributed by atoms with Gasteiger partial charge in [0.2, 0.25) is 5.91 Å². The molecule has 29 heavy (non-hydrogen) atoms. The Hall–Kier alpha value is -3.15. The van der Waals surface area contributed by atoms with E-state index in [1.165, 1.54) is 6.08 Å². The molecule has 1 amide bonds. The van der Waals surface area contributed by atoms with Crippen LogP contribution < -0.4 is 0 Å². The summed E-state index contributed by atoms with van der Waals surface area (Å²) >= 11 is 0. The largest absolute Gasteiger partial charge is 0.507 e. The zero-order valence-corrected chi connectivity index (χ0v) is 16.3. The minimum absolute atomic E-state index is 0.0279. The van der Waals surface area contributed by atoms with Crippen molar-refractivity contribution in [1.29, 1.82) is 0 Å². The highest BCUT2D eigenvalue weighted by Crippen LogP contribution is 2.49. The minimum atomic E-state index is -0.0279. The van der Waals surface area contributed by atoms with E-state index < -0.39 is 0 Å². The first kappa shape index (κ1) is 17.9. The molecule has 1 spiro atoms. The lowest BCUT2D eigenvalue weighted by atomic mass is 9.91. The fourth-order valence-electron chi connectivity index (χ4n) is 5.23. The summed E-state index contributed by atoms with van der Waals surface area (Å²) in [6, 6.07) is 11.3. The van der Waals surface area contributed by atoms with Gasteiger partial charge >= 0.3 is 0 Å². The SMILES string of the molecule is C=CC(=O)N1CCCC12CCC(c1cc3cc(-c4ccccc4O)nnc3[nH]1)C2. The van der Waals surface area contributed by atoms with Gasteiger partial charge in [-0.2, -0.15) is 0 Å². The summed E-state index contributed by atoms with van der Waals surface area (Å²) < 4.78 is 0. The van der Waals surface area contributed by atoms with Crippen molar-refractivity contribution < 1.29 is 9.90 Å². The summed E-state index contributed by atoms with van der Waals surface area (Å²) in [4.78, 5) is 17.8. The Balaban J connectivity index is 1.44. The molecular formula is C23H24N4O2. The first-order valence-electron chi connectivity index (χ1n) is 10.2. The first-order valence-corrected chi connectivity index (χ1v) is 10.2. The maximum Gasteiger partial charge on any atom is 0.246 e. The lowest BCUT2D eigenvalue weighted by Crippen LogP contribution is -2.44. The van der Waals surface area contributed by atoms with Gasteiger partial charge in [-0.25, -0.2) is 0 Å². The van der Waals surface area contributed by atoms with Crippen LogP contribution in [0.1, 0.15) is 43.7 Å². The smallest absolute Gasteiger partial charge is 0.246 e. The number of H-pyrrole nitrogens is 1. The highest BCUT2D eigenvalue weighted by molar-refractivity contribution is 5.88. The van der Waals surface area contributed by atoms with Crippen molar-refractivity contribution in [2.75, 3.05) is 6.54 Å². The Morgan fingerprint density at radius 3 is 2.97 bits per heavy atom. The highest BCUT2D eigenvalue weighted by atomic mass is 16.3. The van der Waals surface area contributed by atoms with Crippen LogP contribution in [-0.2, 0) is 4.79 Å². The fraction of sp³-hybridized carbons (Fsp3) is 0.348. The van der Waals surface area contributed by atoms with Crippen LogP contribution in [0, 0.1) is 0 Å². The summed E-state index contributed by atoms with van der Waals surface area (Å²) in [7, 11) is 0. The van der Waals surface area contributed by atoms with Crippen molar-refractivity contribution in [1.82, 2.24) is 20.1 Å². The first-order chi connectivity index (χ1) is 14.1. The Labute approximate surface area is 169 Å². The molecule has 6 heteroatoms. The second-order valence-electron chi connectivity index (χ2n) is 8.24. The number of phenolic OH excluding ortho intramolecular Hbond substituents is 1. The zero-order chi connectivity index (χ0) is 20.0. The van der Waals surface area contributed by atoms with Crippen molar-refractivity contribution in [2.45, 2.75) is 43.6 Å².